The second kappa shape index (κ2) is 7.05. The van der Waals surface area contributed by atoms with Crippen molar-refractivity contribution in [1.29, 1.82) is 0 Å². The topological polar surface area (TPSA) is 79.6 Å². The molecule has 0 radical (unpaired) electrons. The molecular formula is C19H27N5O2. The van der Waals surface area contributed by atoms with Gasteiger partial charge in [-0.3, -0.25) is 9.59 Å². The first-order valence-electron chi connectivity index (χ1n) is 9.16. The van der Waals surface area contributed by atoms with Gasteiger partial charge in [0.25, 0.3) is 5.91 Å². The van der Waals surface area contributed by atoms with Crippen molar-refractivity contribution in [1.82, 2.24) is 24.8 Å². The minimum Gasteiger partial charge on any atom is -0.355 e. The highest BCUT2D eigenvalue weighted by atomic mass is 16.2. The number of amides is 2. The Hall–Kier alpha value is -2.44. The van der Waals surface area contributed by atoms with Gasteiger partial charge >= 0.3 is 0 Å². The maximum absolute atomic E-state index is 12.9. The third-order valence-electron chi connectivity index (χ3n) is 4.75. The summed E-state index contributed by atoms with van der Waals surface area (Å²) in [5.74, 6) is -0.0418. The quantitative estimate of drug-likeness (QED) is 0.916. The molecule has 1 aliphatic rings. The van der Waals surface area contributed by atoms with E-state index in [1.165, 1.54) is 6.20 Å². The Kier molecular flexibility index (Phi) is 4.98. The Bertz CT molecular complexity index is 821. The average Bonchev–Trinajstić information content (AvgIpc) is 3.03. The van der Waals surface area contributed by atoms with Gasteiger partial charge in [-0.15, -0.1) is 0 Å². The van der Waals surface area contributed by atoms with Crippen molar-refractivity contribution in [3.05, 3.63) is 29.7 Å². The number of carbonyl (C=O) groups excluding carboxylic acids is 2. The Labute approximate surface area is 153 Å². The molecule has 2 amide bonds. The van der Waals surface area contributed by atoms with E-state index in [-0.39, 0.29) is 23.3 Å². The van der Waals surface area contributed by atoms with Crippen LogP contribution in [0.2, 0.25) is 0 Å². The van der Waals surface area contributed by atoms with Gasteiger partial charge in [0, 0.05) is 26.2 Å². The summed E-state index contributed by atoms with van der Waals surface area (Å²) in [6.45, 7) is 7.00. The fourth-order valence-corrected chi connectivity index (χ4v) is 3.55. The molecule has 0 saturated carbocycles. The third-order valence-corrected chi connectivity index (χ3v) is 4.75. The number of aromatic nitrogens is 3. The summed E-state index contributed by atoms with van der Waals surface area (Å²) in [7, 11) is 1.59. The first-order valence-corrected chi connectivity index (χ1v) is 9.16. The monoisotopic (exact) mass is 357 g/mol. The Morgan fingerprint density at radius 2 is 2.08 bits per heavy atom. The molecule has 3 rings (SSSR count). The molecule has 1 atom stereocenters. The molecule has 1 aliphatic heterocycles. The zero-order valence-corrected chi connectivity index (χ0v) is 16.0. The van der Waals surface area contributed by atoms with Gasteiger partial charge in [0.15, 0.2) is 5.65 Å². The van der Waals surface area contributed by atoms with Crippen LogP contribution in [0.4, 0.5) is 0 Å². The molecule has 7 nitrogen and oxygen atoms in total. The molecule has 1 fully saturated rings. The van der Waals surface area contributed by atoms with Crippen LogP contribution in [0.5, 0.6) is 0 Å². The van der Waals surface area contributed by atoms with Gasteiger partial charge in [-0.05, 0) is 30.7 Å². The molecule has 0 spiro atoms. The lowest BCUT2D eigenvalue weighted by atomic mass is 9.90. The molecule has 2 aromatic heterocycles. The maximum Gasteiger partial charge on any atom is 0.256 e. The normalized spacial score (nSPS) is 18.2. The predicted octanol–water partition coefficient (Wildman–Crippen LogP) is 2.58. The molecule has 26 heavy (non-hydrogen) atoms. The van der Waals surface area contributed by atoms with Crippen LogP contribution in [0.15, 0.2) is 18.5 Å². The highest BCUT2D eigenvalue weighted by molar-refractivity contribution is 5.99. The van der Waals surface area contributed by atoms with E-state index in [1.807, 2.05) is 11.0 Å². The van der Waals surface area contributed by atoms with Crippen molar-refractivity contribution in [3.63, 3.8) is 0 Å². The number of nitrogens with one attached hydrogen (secondary N) is 1. The van der Waals surface area contributed by atoms with E-state index in [1.54, 1.807) is 17.8 Å². The molecule has 1 saturated heterocycles. The van der Waals surface area contributed by atoms with Crippen LogP contribution in [0.1, 0.15) is 68.5 Å². The van der Waals surface area contributed by atoms with E-state index < -0.39 is 0 Å². The fourth-order valence-electron chi connectivity index (χ4n) is 3.55. The van der Waals surface area contributed by atoms with Gasteiger partial charge < -0.3 is 10.2 Å². The number of piperidine rings is 1. The Balaban J connectivity index is 1.99. The number of hydrogen-bond donors (Lipinski definition) is 1. The van der Waals surface area contributed by atoms with Crippen molar-refractivity contribution < 1.29 is 9.59 Å². The number of rotatable bonds is 3. The SMILES string of the molecule is CNC(=O)c1cnn2c([C@@H]3CCCCN3C(=O)CC(C)(C)C)ccnc12. The molecule has 140 valence electrons. The number of nitrogens with zero attached hydrogens (tertiary/aromatic N) is 4. The van der Waals surface area contributed by atoms with Gasteiger partial charge in [0.1, 0.15) is 5.56 Å². The molecule has 0 aliphatic carbocycles. The minimum atomic E-state index is -0.214. The van der Waals surface area contributed by atoms with Gasteiger partial charge in [-0.25, -0.2) is 9.50 Å². The molecular weight excluding hydrogens is 330 g/mol. The van der Waals surface area contributed by atoms with E-state index in [4.69, 9.17) is 0 Å². The van der Waals surface area contributed by atoms with Crippen LogP contribution >= 0.6 is 0 Å². The van der Waals surface area contributed by atoms with Crippen LogP contribution in [0.3, 0.4) is 0 Å². The second-order valence-corrected chi connectivity index (χ2v) is 8.08. The first-order chi connectivity index (χ1) is 12.3. The van der Waals surface area contributed by atoms with Crippen molar-refractivity contribution in [2.24, 2.45) is 5.41 Å². The standard InChI is InChI=1S/C19H27N5O2/c1-19(2,3)11-16(25)23-10-6-5-7-14(23)15-8-9-21-17-13(18(26)20-4)12-22-24(15)17/h8-9,12,14H,5-7,10-11H2,1-4H3,(H,20,26)/t14-/m0/s1. The summed E-state index contributed by atoms with van der Waals surface area (Å²) in [5.41, 5.74) is 1.82. The Morgan fingerprint density at radius 1 is 1.31 bits per heavy atom. The smallest absolute Gasteiger partial charge is 0.256 e. The van der Waals surface area contributed by atoms with E-state index in [9.17, 15) is 9.59 Å². The van der Waals surface area contributed by atoms with Crippen molar-refractivity contribution >= 4 is 17.5 Å². The molecule has 0 unspecified atom stereocenters. The molecule has 1 N–H and O–H groups in total. The van der Waals surface area contributed by atoms with Crippen LogP contribution in [0, 0.1) is 5.41 Å². The molecule has 3 heterocycles. The summed E-state index contributed by atoms with van der Waals surface area (Å²) in [5, 5.41) is 7.00. The molecule has 0 bridgehead atoms. The van der Waals surface area contributed by atoms with Crippen molar-refractivity contribution in [2.45, 2.75) is 52.5 Å². The lowest BCUT2D eigenvalue weighted by molar-refractivity contribution is -0.137. The van der Waals surface area contributed by atoms with E-state index in [2.05, 4.69) is 36.2 Å². The van der Waals surface area contributed by atoms with E-state index >= 15 is 0 Å². The summed E-state index contributed by atoms with van der Waals surface area (Å²) < 4.78 is 1.71. The largest absolute Gasteiger partial charge is 0.355 e. The number of fused-ring (bicyclic) bond motifs is 1. The summed E-state index contributed by atoms with van der Waals surface area (Å²) in [6, 6.07) is 1.86. The highest BCUT2D eigenvalue weighted by Gasteiger charge is 2.32. The van der Waals surface area contributed by atoms with Gasteiger partial charge in [0.2, 0.25) is 5.91 Å². The summed E-state index contributed by atoms with van der Waals surface area (Å²) in [6.07, 6.45) is 6.72. The number of hydrogen-bond acceptors (Lipinski definition) is 4. The minimum absolute atomic E-state index is 0.0402. The van der Waals surface area contributed by atoms with Crippen molar-refractivity contribution in [2.75, 3.05) is 13.6 Å². The van der Waals surface area contributed by atoms with Crippen LogP contribution in [-0.2, 0) is 4.79 Å². The van der Waals surface area contributed by atoms with Gasteiger partial charge in [-0.1, -0.05) is 20.8 Å². The van der Waals surface area contributed by atoms with Crippen LogP contribution in [-0.4, -0.2) is 44.9 Å². The zero-order valence-electron chi connectivity index (χ0n) is 16.0. The van der Waals surface area contributed by atoms with E-state index in [0.29, 0.717) is 17.6 Å². The first kappa shape index (κ1) is 18.4. The third kappa shape index (κ3) is 3.57. The number of carbonyl (C=O) groups is 2. The van der Waals surface area contributed by atoms with Crippen molar-refractivity contribution in [3.8, 4) is 0 Å². The zero-order chi connectivity index (χ0) is 18.9. The lowest BCUT2D eigenvalue weighted by Gasteiger charge is -2.37. The fraction of sp³-hybridized carbons (Fsp3) is 0.579. The summed E-state index contributed by atoms with van der Waals surface area (Å²) in [4.78, 5) is 31.3. The molecule has 7 heteroatoms. The van der Waals surface area contributed by atoms with E-state index in [0.717, 1.165) is 31.5 Å². The maximum atomic E-state index is 12.9. The Morgan fingerprint density at radius 3 is 2.77 bits per heavy atom. The molecule has 0 aromatic carbocycles. The van der Waals surface area contributed by atoms with Crippen LogP contribution in [0.25, 0.3) is 5.65 Å². The number of likely N-dealkylation sites (tertiary alicyclic amines) is 1. The summed E-state index contributed by atoms with van der Waals surface area (Å²) >= 11 is 0. The second-order valence-electron chi connectivity index (χ2n) is 8.08. The van der Waals surface area contributed by atoms with Gasteiger partial charge in [-0.2, -0.15) is 5.10 Å². The lowest BCUT2D eigenvalue weighted by Crippen LogP contribution is -2.40. The van der Waals surface area contributed by atoms with Gasteiger partial charge in [0.05, 0.1) is 17.9 Å². The predicted molar refractivity (Wildman–Crippen MR) is 98.8 cm³/mol. The molecule has 2 aromatic rings. The highest BCUT2D eigenvalue weighted by Crippen LogP contribution is 2.33. The average molecular weight is 357 g/mol. The van der Waals surface area contributed by atoms with Crippen LogP contribution < -0.4 is 5.32 Å².